The summed E-state index contributed by atoms with van der Waals surface area (Å²) >= 11 is 0. The van der Waals surface area contributed by atoms with Crippen molar-refractivity contribution in [1.82, 2.24) is 20.0 Å². The highest BCUT2D eigenvalue weighted by Gasteiger charge is 2.24. The lowest BCUT2D eigenvalue weighted by molar-refractivity contribution is -0.126. The number of rotatable bonds is 6. The number of carbonyl (C=O) groups excluding carboxylic acids is 1. The predicted octanol–water partition coefficient (Wildman–Crippen LogP) is 1.73. The van der Waals surface area contributed by atoms with Gasteiger partial charge in [-0.05, 0) is 43.2 Å². The molecule has 0 N–H and O–H groups in total. The molecule has 2 aromatic heterocycles. The maximum absolute atomic E-state index is 12.4. The van der Waals surface area contributed by atoms with Crippen LogP contribution in [0.15, 0.2) is 41.0 Å². The van der Waals surface area contributed by atoms with Crippen LogP contribution < -0.4 is 9.80 Å². The fraction of sp³-hybridized carbons (Fsp3) is 0.542. The topological polar surface area (TPSA) is 78.2 Å². The number of piperazine rings is 2. The molecule has 5 rings (SSSR count). The Kier molecular flexibility index (Phi) is 6.87. The van der Waals surface area contributed by atoms with Crippen molar-refractivity contribution in [2.24, 2.45) is 0 Å². The van der Waals surface area contributed by atoms with Gasteiger partial charge in [-0.2, -0.15) is 0 Å². The second-order valence-corrected chi connectivity index (χ2v) is 8.83. The first-order chi connectivity index (χ1) is 16.2. The molecule has 3 fully saturated rings. The van der Waals surface area contributed by atoms with E-state index >= 15 is 0 Å². The molecule has 3 aliphatic heterocycles. The average Bonchev–Trinajstić information content (AvgIpc) is 3.58. The molecular formula is C24H32N6O3. The summed E-state index contributed by atoms with van der Waals surface area (Å²) in [6, 6.07) is 7.76. The Morgan fingerprint density at radius 1 is 0.970 bits per heavy atom. The number of hydrogen-bond donors (Lipinski definition) is 0. The summed E-state index contributed by atoms with van der Waals surface area (Å²) in [4.78, 5) is 21.3. The largest absolute Gasteiger partial charge is 0.465 e. The Morgan fingerprint density at radius 3 is 2.24 bits per heavy atom. The molecule has 5 heterocycles. The second kappa shape index (κ2) is 10.4. The lowest BCUT2D eigenvalue weighted by Crippen LogP contribution is -2.49. The highest BCUT2D eigenvalue weighted by molar-refractivity contribution is 5.91. The van der Waals surface area contributed by atoms with Gasteiger partial charge in [-0.25, -0.2) is 0 Å². The van der Waals surface area contributed by atoms with E-state index in [1.807, 2.05) is 17.0 Å². The summed E-state index contributed by atoms with van der Waals surface area (Å²) in [6.07, 6.45) is 7.68. The molecule has 0 radical (unpaired) electrons. The minimum atomic E-state index is 0.00566. The number of hydrogen-bond acceptors (Lipinski definition) is 8. The van der Waals surface area contributed by atoms with Gasteiger partial charge in [0.15, 0.2) is 11.6 Å². The van der Waals surface area contributed by atoms with Gasteiger partial charge in [0.05, 0.1) is 12.4 Å². The van der Waals surface area contributed by atoms with Gasteiger partial charge in [-0.15, -0.1) is 10.2 Å². The van der Waals surface area contributed by atoms with Gasteiger partial charge in [-0.3, -0.25) is 9.69 Å². The Morgan fingerprint density at radius 2 is 1.67 bits per heavy atom. The molecule has 2 aromatic rings. The number of ether oxygens (including phenoxy) is 1. The van der Waals surface area contributed by atoms with Gasteiger partial charge >= 0.3 is 0 Å². The van der Waals surface area contributed by atoms with Crippen LogP contribution in [0.4, 0.5) is 11.6 Å². The van der Waals surface area contributed by atoms with Crippen LogP contribution in [0.5, 0.6) is 0 Å². The van der Waals surface area contributed by atoms with Crippen molar-refractivity contribution in [3.8, 4) is 0 Å². The molecule has 9 nitrogen and oxygen atoms in total. The first-order valence-corrected chi connectivity index (χ1v) is 11.9. The molecule has 3 aliphatic rings. The van der Waals surface area contributed by atoms with Gasteiger partial charge in [-0.1, -0.05) is 0 Å². The third-order valence-corrected chi connectivity index (χ3v) is 6.67. The number of furan rings is 1. The molecule has 1 amide bonds. The van der Waals surface area contributed by atoms with Crippen LogP contribution in [-0.2, 0) is 9.53 Å². The Labute approximate surface area is 194 Å². The molecule has 9 heteroatoms. The van der Waals surface area contributed by atoms with Crippen molar-refractivity contribution >= 4 is 23.6 Å². The number of nitrogens with zero attached hydrogens (tertiary/aromatic N) is 6. The zero-order chi connectivity index (χ0) is 22.5. The molecular weight excluding hydrogens is 420 g/mol. The van der Waals surface area contributed by atoms with Crippen molar-refractivity contribution in [3.05, 3.63) is 42.4 Å². The van der Waals surface area contributed by atoms with Crippen molar-refractivity contribution in [2.45, 2.75) is 18.9 Å². The van der Waals surface area contributed by atoms with E-state index < -0.39 is 0 Å². The molecule has 1 atom stereocenters. The maximum atomic E-state index is 12.4. The average molecular weight is 453 g/mol. The summed E-state index contributed by atoms with van der Waals surface area (Å²) in [6.45, 7) is 8.79. The van der Waals surface area contributed by atoms with Crippen LogP contribution in [-0.4, -0.2) is 97.5 Å². The smallest absolute Gasteiger partial charge is 0.246 e. The van der Waals surface area contributed by atoms with Gasteiger partial charge in [0.25, 0.3) is 0 Å². The standard InChI is InChI=1S/C24H32N6O3/c31-24(8-5-20-3-1-17-32-20)30-15-13-29(14-16-30)23-7-6-22(25-26-23)28-11-9-27(10-12-28)19-21-4-2-18-33-21/h1,3,5-8,17,21H,2,4,9-16,18-19H2/b8-5+. The second-order valence-electron chi connectivity index (χ2n) is 8.83. The number of amides is 1. The summed E-state index contributed by atoms with van der Waals surface area (Å²) in [5.41, 5.74) is 0. The molecule has 33 heavy (non-hydrogen) atoms. The van der Waals surface area contributed by atoms with E-state index in [-0.39, 0.29) is 5.91 Å². The van der Waals surface area contributed by atoms with E-state index in [1.165, 1.54) is 12.8 Å². The van der Waals surface area contributed by atoms with Gasteiger partial charge in [0.2, 0.25) is 5.91 Å². The highest BCUT2D eigenvalue weighted by atomic mass is 16.5. The van der Waals surface area contributed by atoms with Gasteiger partial charge < -0.3 is 23.9 Å². The van der Waals surface area contributed by atoms with Crippen LogP contribution in [0.1, 0.15) is 18.6 Å². The molecule has 1 unspecified atom stereocenters. The van der Waals surface area contributed by atoms with Crippen molar-refractivity contribution < 1.29 is 13.9 Å². The lowest BCUT2D eigenvalue weighted by Gasteiger charge is -2.36. The van der Waals surface area contributed by atoms with E-state index in [1.54, 1.807) is 18.4 Å². The first kappa shape index (κ1) is 21.9. The Bertz CT molecular complexity index is 910. The minimum Gasteiger partial charge on any atom is -0.465 e. The molecule has 0 aliphatic carbocycles. The summed E-state index contributed by atoms with van der Waals surface area (Å²) in [5, 5.41) is 9.00. The zero-order valence-electron chi connectivity index (χ0n) is 19.0. The number of aromatic nitrogens is 2. The quantitative estimate of drug-likeness (QED) is 0.614. The van der Waals surface area contributed by atoms with E-state index in [9.17, 15) is 4.79 Å². The van der Waals surface area contributed by atoms with E-state index in [0.29, 0.717) is 25.0 Å². The minimum absolute atomic E-state index is 0.00566. The van der Waals surface area contributed by atoms with Crippen molar-refractivity contribution in [1.29, 1.82) is 0 Å². The van der Waals surface area contributed by atoms with Crippen LogP contribution in [0.2, 0.25) is 0 Å². The third-order valence-electron chi connectivity index (χ3n) is 6.67. The SMILES string of the molecule is O=C(/C=C/c1ccco1)N1CCN(c2ccc(N3CCN(CC4CCCO4)CC3)nn2)CC1. The molecule has 176 valence electrons. The van der Waals surface area contributed by atoms with Crippen LogP contribution >= 0.6 is 0 Å². The molecule has 0 saturated carbocycles. The van der Waals surface area contributed by atoms with Gasteiger partial charge in [0.1, 0.15) is 5.76 Å². The van der Waals surface area contributed by atoms with E-state index in [2.05, 4.69) is 37.0 Å². The zero-order valence-corrected chi connectivity index (χ0v) is 19.0. The molecule has 3 saturated heterocycles. The molecule has 0 bridgehead atoms. The van der Waals surface area contributed by atoms with Crippen molar-refractivity contribution in [2.75, 3.05) is 75.3 Å². The van der Waals surface area contributed by atoms with Gasteiger partial charge in [0, 0.05) is 71.6 Å². The summed E-state index contributed by atoms with van der Waals surface area (Å²) in [5.74, 6) is 2.49. The highest BCUT2D eigenvalue weighted by Crippen LogP contribution is 2.19. The van der Waals surface area contributed by atoms with Crippen LogP contribution in [0.25, 0.3) is 6.08 Å². The maximum Gasteiger partial charge on any atom is 0.246 e. The van der Waals surface area contributed by atoms with Crippen LogP contribution in [0, 0.1) is 0 Å². The summed E-state index contributed by atoms with van der Waals surface area (Å²) < 4.78 is 11.0. The lowest BCUT2D eigenvalue weighted by atomic mass is 10.2. The number of carbonyl (C=O) groups is 1. The Hall–Kier alpha value is -2.91. The fourth-order valence-electron chi connectivity index (χ4n) is 4.69. The van der Waals surface area contributed by atoms with E-state index in [4.69, 9.17) is 9.15 Å². The monoisotopic (exact) mass is 452 g/mol. The normalized spacial score (nSPS) is 22.4. The third kappa shape index (κ3) is 5.54. The Balaban J connectivity index is 1.08. The summed E-state index contributed by atoms with van der Waals surface area (Å²) in [7, 11) is 0. The number of anilines is 2. The first-order valence-electron chi connectivity index (χ1n) is 11.9. The van der Waals surface area contributed by atoms with E-state index in [0.717, 1.165) is 64.1 Å². The predicted molar refractivity (Wildman–Crippen MR) is 126 cm³/mol. The fourth-order valence-corrected chi connectivity index (χ4v) is 4.69. The molecule has 0 spiro atoms. The van der Waals surface area contributed by atoms with Crippen LogP contribution in [0.3, 0.4) is 0 Å². The van der Waals surface area contributed by atoms with Crippen molar-refractivity contribution in [3.63, 3.8) is 0 Å². The molecule has 0 aromatic carbocycles.